The van der Waals surface area contributed by atoms with Crippen molar-refractivity contribution in [3.8, 4) is 0 Å². The van der Waals surface area contributed by atoms with Crippen LogP contribution in [0.25, 0.3) is 0 Å². The van der Waals surface area contributed by atoms with Gasteiger partial charge in [-0.25, -0.2) is 0 Å². The Bertz CT molecular complexity index is 126. The fourth-order valence-electron chi connectivity index (χ4n) is 1.62. The number of nitrogens with one attached hydrogen (secondary N) is 1. The van der Waals surface area contributed by atoms with Gasteiger partial charge in [-0.15, -0.1) is 0 Å². The third-order valence-electron chi connectivity index (χ3n) is 2.43. The predicted octanol–water partition coefficient (Wildman–Crippen LogP) is 1.28. The van der Waals surface area contributed by atoms with Crippen LogP contribution >= 0.6 is 0 Å². The topological polar surface area (TPSA) is 38.0 Å². The van der Waals surface area contributed by atoms with E-state index in [4.69, 9.17) is 5.73 Å². The summed E-state index contributed by atoms with van der Waals surface area (Å²) in [7, 11) is 0. The maximum atomic E-state index is 5.39. The van der Waals surface area contributed by atoms with Crippen molar-refractivity contribution in [1.29, 1.82) is 0 Å². The van der Waals surface area contributed by atoms with E-state index in [1.807, 2.05) is 0 Å². The molecule has 70 valence electrons. The lowest BCUT2D eigenvalue weighted by atomic mass is 9.94. The first kappa shape index (κ1) is 9.75. The van der Waals surface area contributed by atoms with Crippen molar-refractivity contribution >= 4 is 0 Å². The molecule has 0 atom stereocenters. The summed E-state index contributed by atoms with van der Waals surface area (Å²) in [6.07, 6.45) is 9.47. The van der Waals surface area contributed by atoms with Gasteiger partial charge in [-0.1, -0.05) is 12.2 Å². The second kappa shape index (κ2) is 6.21. The molecule has 1 heterocycles. The molecule has 1 rings (SSSR count). The van der Waals surface area contributed by atoms with E-state index < -0.39 is 0 Å². The molecule has 12 heavy (non-hydrogen) atoms. The minimum absolute atomic E-state index is 0.780. The molecule has 0 radical (unpaired) electrons. The van der Waals surface area contributed by atoms with Crippen LogP contribution in [0.3, 0.4) is 0 Å². The molecule has 0 aliphatic carbocycles. The Kier molecular flexibility index (Phi) is 5.04. The summed E-state index contributed by atoms with van der Waals surface area (Å²) in [5.74, 6) is 0.917. The third-order valence-corrected chi connectivity index (χ3v) is 2.43. The summed E-state index contributed by atoms with van der Waals surface area (Å²) in [4.78, 5) is 0. The zero-order chi connectivity index (χ0) is 8.65. The van der Waals surface area contributed by atoms with E-state index in [-0.39, 0.29) is 0 Å². The van der Waals surface area contributed by atoms with E-state index >= 15 is 0 Å². The molecule has 0 aromatic carbocycles. The highest BCUT2D eigenvalue weighted by Crippen LogP contribution is 2.15. The van der Waals surface area contributed by atoms with Crippen LogP contribution in [0.4, 0.5) is 0 Å². The monoisotopic (exact) mass is 168 g/mol. The van der Waals surface area contributed by atoms with E-state index in [1.54, 1.807) is 0 Å². The average molecular weight is 168 g/mol. The van der Waals surface area contributed by atoms with Crippen molar-refractivity contribution in [1.82, 2.24) is 5.32 Å². The van der Waals surface area contributed by atoms with Crippen LogP contribution in [0.2, 0.25) is 0 Å². The molecule has 0 aromatic heterocycles. The summed E-state index contributed by atoms with van der Waals surface area (Å²) in [6, 6.07) is 0. The van der Waals surface area contributed by atoms with Gasteiger partial charge in [0.1, 0.15) is 0 Å². The Morgan fingerprint density at radius 3 is 2.67 bits per heavy atom. The minimum Gasteiger partial charge on any atom is -0.330 e. The molecule has 0 unspecified atom stereocenters. The molecule has 2 heteroatoms. The Morgan fingerprint density at radius 1 is 1.25 bits per heavy atom. The normalized spacial score (nSPS) is 20.4. The predicted molar refractivity (Wildman–Crippen MR) is 53.0 cm³/mol. The van der Waals surface area contributed by atoms with Crippen molar-refractivity contribution in [2.45, 2.75) is 25.7 Å². The molecule has 2 nitrogen and oxygen atoms in total. The largest absolute Gasteiger partial charge is 0.330 e. The first-order chi connectivity index (χ1) is 5.93. The molecule has 0 bridgehead atoms. The van der Waals surface area contributed by atoms with Gasteiger partial charge in [0, 0.05) is 0 Å². The van der Waals surface area contributed by atoms with Crippen LogP contribution in [0.1, 0.15) is 25.7 Å². The smallest absolute Gasteiger partial charge is 0.00426 e. The van der Waals surface area contributed by atoms with Gasteiger partial charge in [0.2, 0.25) is 0 Å². The van der Waals surface area contributed by atoms with E-state index in [0.717, 1.165) is 18.9 Å². The second-order valence-electron chi connectivity index (χ2n) is 3.48. The van der Waals surface area contributed by atoms with Crippen molar-refractivity contribution in [2.24, 2.45) is 11.7 Å². The van der Waals surface area contributed by atoms with Crippen molar-refractivity contribution in [3.63, 3.8) is 0 Å². The van der Waals surface area contributed by atoms with Crippen LogP contribution in [-0.4, -0.2) is 19.6 Å². The van der Waals surface area contributed by atoms with Crippen LogP contribution < -0.4 is 11.1 Å². The van der Waals surface area contributed by atoms with Gasteiger partial charge in [-0.3, -0.25) is 0 Å². The zero-order valence-corrected chi connectivity index (χ0v) is 7.76. The van der Waals surface area contributed by atoms with Crippen LogP contribution in [0.15, 0.2) is 12.2 Å². The summed E-state index contributed by atoms with van der Waals surface area (Å²) in [6.45, 7) is 3.19. The van der Waals surface area contributed by atoms with Crippen molar-refractivity contribution in [3.05, 3.63) is 12.2 Å². The molecule has 3 N–H and O–H groups in total. The quantitative estimate of drug-likeness (QED) is 0.621. The van der Waals surface area contributed by atoms with Gasteiger partial charge in [-0.2, -0.15) is 0 Å². The Balaban J connectivity index is 2.04. The molecule has 0 aromatic rings. The molecule has 0 amide bonds. The lowest BCUT2D eigenvalue weighted by molar-refractivity contribution is 0.377. The summed E-state index contributed by atoms with van der Waals surface area (Å²) < 4.78 is 0. The average Bonchev–Trinajstić information content (AvgIpc) is 2.14. The highest BCUT2D eigenvalue weighted by molar-refractivity contribution is 4.85. The van der Waals surface area contributed by atoms with Gasteiger partial charge in [0.25, 0.3) is 0 Å². The van der Waals surface area contributed by atoms with Gasteiger partial charge >= 0.3 is 0 Å². The number of hydrogen-bond acceptors (Lipinski definition) is 2. The molecular weight excluding hydrogens is 148 g/mol. The summed E-state index contributed by atoms with van der Waals surface area (Å²) in [5, 5.41) is 3.37. The fraction of sp³-hybridized carbons (Fsp3) is 0.800. The lowest BCUT2D eigenvalue weighted by Crippen LogP contribution is -2.27. The Hall–Kier alpha value is -0.340. The highest BCUT2D eigenvalue weighted by atomic mass is 14.9. The zero-order valence-electron chi connectivity index (χ0n) is 7.76. The van der Waals surface area contributed by atoms with E-state index in [0.29, 0.717) is 0 Å². The van der Waals surface area contributed by atoms with Crippen molar-refractivity contribution < 1.29 is 0 Å². The van der Waals surface area contributed by atoms with Crippen LogP contribution in [0, 0.1) is 5.92 Å². The first-order valence-corrected chi connectivity index (χ1v) is 4.99. The molecule has 0 spiro atoms. The highest BCUT2D eigenvalue weighted by Gasteiger charge is 2.10. The molecule has 0 saturated carbocycles. The molecule has 1 aliphatic rings. The number of piperidine rings is 1. The number of hydrogen-bond donors (Lipinski definition) is 2. The van der Waals surface area contributed by atoms with Gasteiger partial charge < -0.3 is 11.1 Å². The number of rotatable bonds is 4. The first-order valence-electron chi connectivity index (χ1n) is 4.99. The Labute approximate surface area is 75.2 Å². The standard InChI is InChI=1S/C10H20N2/c11-7-3-1-2-4-10-5-8-12-9-6-10/h1-2,10,12H,3-9,11H2/b2-1-. The minimum atomic E-state index is 0.780. The summed E-state index contributed by atoms with van der Waals surface area (Å²) in [5.41, 5.74) is 5.39. The maximum Gasteiger partial charge on any atom is -0.00426 e. The van der Waals surface area contributed by atoms with Gasteiger partial charge in [0.05, 0.1) is 0 Å². The SMILES string of the molecule is NCC/C=C\CC1CCNCC1. The van der Waals surface area contributed by atoms with E-state index in [1.165, 1.54) is 32.4 Å². The number of allylic oxidation sites excluding steroid dienone is 1. The van der Waals surface area contributed by atoms with Gasteiger partial charge in [0.15, 0.2) is 0 Å². The third kappa shape index (κ3) is 3.88. The van der Waals surface area contributed by atoms with E-state index in [9.17, 15) is 0 Å². The number of nitrogens with two attached hydrogens (primary N) is 1. The maximum absolute atomic E-state index is 5.39. The molecule has 1 aliphatic heterocycles. The van der Waals surface area contributed by atoms with Crippen LogP contribution in [0.5, 0.6) is 0 Å². The van der Waals surface area contributed by atoms with Crippen molar-refractivity contribution in [2.75, 3.05) is 19.6 Å². The fourth-order valence-corrected chi connectivity index (χ4v) is 1.62. The lowest BCUT2D eigenvalue weighted by Gasteiger charge is -2.20. The van der Waals surface area contributed by atoms with Gasteiger partial charge in [-0.05, 0) is 51.2 Å². The van der Waals surface area contributed by atoms with Crippen LogP contribution in [-0.2, 0) is 0 Å². The Morgan fingerprint density at radius 2 is 2.00 bits per heavy atom. The summed E-state index contributed by atoms with van der Waals surface area (Å²) >= 11 is 0. The molecule has 1 saturated heterocycles. The molecule has 1 fully saturated rings. The molecular formula is C10H20N2. The second-order valence-corrected chi connectivity index (χ2v) is 3.48. The van der Waals surface area contributed by atoms with E-state index in [2.05, 4.69) is 17.5 Å².